The molecule has 2 heterocycles. The summed E-state index contributed by atoms with van der Waals surface area (Å²) < 4.78 is 7.53. The zero-order valence-electron chi connectivity index (χ0n) is 13.3. The largest absolute Gasteiger partial charge is 0.422 e. The Morgan fingerprint density at radius 2 is 1.83 bits per heavy atom. The lowest BCUT2D eigenvalue weighted by atomic mass is 9.87. The number of aryl methyl sites for hydroxylation is 1. The van der Waals surface area contributed by atoms with Gasteiger partial charge in [-0.05, 0) is 55.0 Å². The minimum atomic E-state index is 0.507. The maximum absolute atomic E-state index is 5.81. The molecule has 4 aromatic rings. The van der Waals surface area contributed by atoms with E-state index in [1.54, 1.807) is 4.68 Å². The standard InChI is InChI=1S/C20H17N3O/c1-2-8-15-14(6-1)7-5-9-16(15)17-12-13-23(22-17)20-21-18-10-3-4-11-19(18)24-20/h3-5,7,9-13H,1-2,6,8H2. The first kappa shape index (κ1) is 13.5. The second-order valence-electron chi connectivity index (χ2n) is 6.26. The highest BCUT2D eigenvalue weighted by atomic mass is 16.4. The van der Waals surface area contributed by atoms with Crippen LogP contribution in [-0.4, -0.2) is 14.8 Å². The van der Waals surface area contributed by atoms with Crippen molar-refractivity contribution in [2.24, 2.45) is 0 Å². The van der Waals surface area contributed by atoms with Crippen LogP contribution in [0, 0.1) is 0 Å². The van der Waals surface area contributed by atoms with Crippen LogP contribution in [0.5, 0.6) is 0 Å². The van der Waals surface area contributed by atoms with Crippen LogP contribution >= 0.6 is 0 Å². The molecule has 0 fully saturated rings. The Labute approximate surface area is 139 Å². The van der Waals surface area contributed by atoms with Gasteiger partial charge in [-0.3, -0.25) is 0 Å². The molecule has 0 amide bonds. The van der Waals surface area contributed by atoms with Gasteiger partial charge in [0.05, 0.1) is 5.69 Å². The van der Waals surface area contributed by atoms with Gasteiger partial charge < -0.3 is 4.42 Å². The Hall–Kier alpha value is -2.88. The molecular weight excluding hydrogens is 298 g/mol. The first-order chi connectivity index (χ1) is 11.9. The first-order valence-corrected chi connectivity index (χ1v) is 8.41. The van der Waals surface area contributed by atoms with Crippen molar-refractivity contribution >= 4 is 11.1 Å². The Bertz CT molecular complexity index is 995. The van der Waals surface area contributed by atoms with E-state index in [2.05, 4.69) is 23.2 Å². The summed E-state index contributed by atoms with van der Waals surface area (Å²) in [6, 6.07) is 16.9. The molecule has 0 aliphatic heterocycles. The van der Waals surface area contributed by atoms with Crippen molar-refractivity contribution < 1.29 is 4.42 Å². The molecule has 0 bridgehead atoms. The highest BCUT2D eigenvalue weighted by Crippen LogP contribution is 2.31. The Morgan fingerprint density at radius 1 is 0.917 bits per heavy atom. The van der Waals surface area contributed by atoms with Crippen LogP contribution in [0.2, 0.25) is 0 Å². The van der Waals surface area contributed by atoms with Crippen LogP contribution < -0.4 is 0 Å². The van der Waals surface area contributed by atoms with Gasteiger partial charge in [-0.2, -0.15) is 14.8 Å². The minimum absolute atomic E-state index is 0.507. The van der Waals surface area contributed by atoms with E-state index in [-0.39, 0.29) is 0 Å². The van der Waals surface area contributed by atoms with Gasteiger partial charge in [-0.15, -0.1) is 0 Å². The normalized spacial score (nSPS) is 14.0. The number of hydrogen-bond donors (Lipinski definition) is 0. The maximum atomic E-state index is 5.81. The second-order valence-corrected chi connectivity index (χ2v) is 6.26. The van der Waals surface area contributed by atoms with Crippen molar-refractivity contribution in [3.05, 3.63) is 65.9 Å². The number of rotatable bonds is 2. The van der Waals surface area contributed by atoms with E-state index in [0.29, 0.717) is 6.01 Å². The second kappa shape index (κ2) is 5.34. The molecule has 0 saturated heterocycles. The van der Waals surface area contributed by atoms with E-state index in [1.807, 2.05) is 36.5 Å². The molecule has 2 aromatic carbocycles. The lowest BCUT2D eigenvalue weighted by Gasteiger charge is -2.18. The minimum Gasteiger partial charge on any atom is -0.422 e. The Morgan fingerprint density at radius 3 is 2.79 bits per heavy atom. The van der Waals surface area contributed by atoms with Crippen LogP contribution in [0.3, 0.4) is 0 Å². The van der Waals surface area contributed by atoms with Crippen molar-refractivity contribution in [2.45, 2.75) is 25.7 Å². The van der Waals surface area contributed by atoms with Gasteiger partial charge in [-0.25, -0.2) is 0 Å². The van der Waals surface area contributed by atoms with Gasteiger partial charge in [0, 0.05) is 11.8 Å². The van der Waals surface area contributed by atoms with E-state index in [1.165, 1.54) is 36.0 Å². The summed E-state index contributed by atoms with van der Waals surface area (Å²) in [4.78, 5) is 4.51. The van der Waals surface area contributed by atoms with Gasteiger partial charge in [0.1, 0.15) is 5.52 Å². The zero-order chi connectivity index (χ0) is 15.9. The highest BCUT2D eigenvalue weighted by molar-refractivity contribution is 5.73. The van der Waals surface area contributed by atoms with E-state index in [4.69, 9.17) is 9.52 Å². The maximum Gasteiger partial charge on any atom is 0.323 e. The SMILES string of the molecule is c1cc2c(c(-c3ccn(-c4nc5ccccc5o4)n3)c1)CCCC2. The molecule has 0 radical (unpaired) electrons. The fourth-order valence-corrected chi connectivity index (χ4v) is 3.55. The van der Waals surface area contributed by atoms with Crippen molar-refractivity contribution in [3.8, 4) is 17.3 Å². The molecular formula is C20H17N3O. The molecule has 0 spiro atoms. The average molecular weight is 315 g/mol. The molecule has 5 rings (SSSR count). The van der Waals surface area contributed by atoms with Gasteiger partial charge >= 0.3 is 6.01 Å². The van der Waals surface area contributed by atoms with Crippen molar-refractivity contribution in [1.82, 2.24) is 14.8 Å². The van der Waals surface area contributed by atoms with Crippen molar-refractivity contribution in [1.29, 1.82) is 0 Å². The van der Waals surface area contributed by atoms with Gasteiger partial charge in [0.25, 0.3) is 0 Å². The van der Waals surface area contributed by atoms with Crippen molar-refractivity contribution in [2.75, 3.05) is 0 Å². The molecule has 2 aromatic heterocycles. The summed E-state index contributed by atoms with van der Waals surface area (Å²) in [6.45, 7) is 0. The van der Waals surface area contributed by atoms with E-state index < -0.39 is 0 Å². The molecule has 1 aliphatic rings. The van der Waals surface area contributed by atoms with Crippen LogP contribution in [0.25, 0.3) is 28.4 Å². The van der Waals surface area contributed by atoms with Crippen LogP contribution in [-0.2, 0) is 12.8 Å². The number of oxazole rings is 1. The van der Waals surface area contributed by atoms with Crippen LogP contribution in [0.1, 0.15) is 24.0 Å². The first-order valence-electron chi connectivity index (χ1n) is 8.41. The number of hydrogen-bond acceptors (Lipinski definition) is 3. The summed E-state index contributed by atoms with van der Waals surface area (Å²) in [6.07, 6.45) is 6.78. The lowest BCUT2D eigenvalue weighted by Crippen LogP contribution is -2.04. The topological polar surface area (TPSA) is 43.9 Å². The molecule has 4 nitrogen and oxygen atoms in total. The molecule has 24 heavy (non-hydrogen) atoms. The number of benzene rings is 2. The molecule has 0 saturated carbocycles. The lowest BCUT2D eigenvalue weighted by molar-refractivity contribution is 0.543. The van der Waals surface area contributed by atoms with Crippen LogP contribution in [0.4, 0.5) is 0 Å². The number of fused-ring (bicyclic) bond motifs is 2. The molecule has 118 valence electrons. The van der Waals surface area contributed by atoms with E-state index in [0.717, 1.165) is 23.2 Å². The van der Waals surface area contributed by atoms with Crippen LogP contribution in [0.15, 0.2) is 59.1 Å². The molecule has 4 heteroatoms. The number of para-hydroxylation sites is 2. The summed E-state index contributed by atoms with van der Waals surface area (Å²) in [5.41, 5.74) is 6.77. The fourth-order valence-electron chi connectivity index (χ4n) is 3.55. The third-order valence-corrected chi connectivity index (χ3v) is 4.74. The van der Waals surface area contributed by atoms with Gasteiger partial charge in [0.2, 0.25) is 0 Å². The summed E-state index contributed by atoms with van der Waals surface area (Å²) in [7, 11) is 0. The smallest absolute Gasteiger partial charge is 0.323 e. The monoisotopic (exact) mass is 315 g/mol. The van der Waals surface area contributed by atoms with E-state index in [9.17, 15) is 0 Å². The number of nitrogens with zero attached hydrogens (tertiary/aromatic N) is 3. The quantitative estimate of drug-likeness (QED) is 0.544. The Balaban J connectivity index is 1.58. The third kappa shape index (κ3) is 2.14. The van der Waals surface area contributed by atoms with Crippen molar-refractivity contribution in [3.63, 3.8) is 0 Å². The van der Waals surface area contributed by atoms with Gasteiger partial charge in [-0.1, -0.05) is 30.3 Å². The summed E-state index contributed by atoms with van der Waals surface area (Å²) in [5.74, 6) is 0. The third-order valence-electron chi connectivity index (χ3n) is 4.74. The van der Waals surface area contributed by atoms with E-state index >= 15 is 0 Å². The molecule has 1 aliphatic carbocycles. The zero-order valence-corrected chi connectivity index (χ0v) is 13.3. The average Bonchev–Trinajstić information content (AvgIpc) is 3.28. The Kier molecular flexibility index (Phi) is 3.01. The number of aromatic nitrogens is 3. The predicted molar refractivity (Wildman–Crippen MR) is 93.2 cm³/mol. The summed E-state index contributed by atoms with van der Waals surface area (Å²) in [5, 5.41) is 4.71. The summed E-state index contributed by atoms with van der Waals surface area (Å²) >= 11 is 0. The van der Waals surface area contributed by atoms with Gasteiger partial charge in [0.15, 0.2) is 5.58 Å². The molecule has 0 N–H and O–H groups in total. The molecule has 0 atom stereocenters. The predicted octanol–water partition coefficient (Wildman–Crippen LogP) is 4.56. The fraction of sp³-hybridized carbons (Fsp3) is 0.200. The highest BCUT2D eigenvalue weighted by Gasteiger charge is 2.16. The molecule has 0 unspecified atom stereocenters.